The summed E-state index contributed by atoms with van der Waals surface area (Å²) in [5, 5.41) is 19.0. The van der Waals surface area contributed by atoms with Crippen LogP contribution in [0.4, 0.5) is 13.2 Å². The maximum Gasteiger partial charge on any atom is 0.321 e. The van der Waals surface area contributed by atoms with Crippen molar-refractivity contribution in [1.29, 1.82) is 5.26 Å². The van der Waals surface area contributed by atoms with Crippen LogP contribution in [0.15, 0.2) is 48.5 Å². The molecule has 2 aliphatic rings. The number of likely N-dealkylation sites (tertiary alicyclic amines) is 2. The number of rotatable bonds is 9. The van der Waals surface area contributed by atoms with Gasteiger partial charge in [-0.2, -0.15) is 5.26 Å². The van der Waals surface area contributed by atoms with E-state index in [1.54, 1.807) is 36.4 Å². The van der Waals surface area contributed by atoms with E-state index >= 15 is 0 Å². The number of carboxylic acids is 1. The quantitative estimate of drug-likeness (QED) is 0.400. The van der Waals surface area contributed by atoms with Crippen molar-refractivity contribution in [1.82, 2.24) is 9.80 Å². The zero-order chi connectivity index (χ0) is 29.1. The van der Waals surface area contributed by atoms with Crippen LogP contribution in [0.25, 0.3) is 0 Å². The minimum atomic E-state index is -2.81. The van der Waals surface area contributed by atoms with Crippen molar-refractivity contribution in [3.63, 3.8) is 0 Å². The Labute approximate surface area is 235 Å². The highest BCUT2D eigenvalue weighted by Gasteiger charge is 2.44. The molecular formula is C32H40F3N3O2. The summed E-state index contributed by atoms with van der Waals surface area (Å²) >= 11 is 0. The molecule has 0 amide bonds. The molecule has 2 saturated heterocycles. The maximum atomic E-state index is 14.9. The molecule has 0 bridgehead atoms. The Bertz CT molecular complexity index is 1200. The molecule has 8 heteroatoms. The first-order chi connectivity index (χ1) is 18.8. The van der Waals surface area contributed by atoms with Crippen LogP contribution in [0.1, 0.15) is 62.6 Å². The van der Waals surface area contributed by atoms with Crippen molar-refractivity contribution >= 4 is 5.97 Å². The first-order valence-electron chi connectivity index (χ1n) is 14.2. The minimum Gasteiger partial charge on any atom is -0.480 e. The van der Waals surface area contributed by atoms with Crippen molar-refractivity contribution in [2.75, 3.05) is 32.7 Å². The van der Waals surface area contributed by atoms with Gasteiger partial charge in [-0.05, 0) is 78.6 Å². The molecule has 1 N–H and O–H groups in total. The Morgan fingerprint density at radius 1 is 1.10 bits per heavy atom. The Hall–Kier alpha value is -2.89. The molecule has 5 nitrogen and oxygen atoms in total. The summed E-state index contributed by atoms with van der Waals surface area (Å²) in [4.78, 5) is 16.6. The number of piperidine rings is 1. The number of nitrogens with zero attached hydrogens (tertiary/aromatic N) is 3. The smallest absolute Gasteiger partial charge is 0.321 e. The monoisotopic (exact) mass is 555 g/mol. The van der Waals surface area contributed by atoms with Crippen LogP contribution in [-0.2, 0) is 11.2 Å². The summed E-state index contributed by atoms with van der Waals surface area (Å²) in [6, 6.07) is 14.3. The van der Waals surface area contributed by atoms with Gasteiger partial charge in [0.2, 0.25) is 0 Å². The molecule has 2 heterocycles. The lowest BCUT2D eigenvalue weighted by molar-refractivity contribution is -0.147. The second-order valence-corrected chi connectivity index (χ2v) is 12.8. The van der Waals surface area contributed by atoms with E-state index in [-0.39, 0.29) is 36.4 Å². The Kier molecular flexibility index (Phi) is 9.26. The van der Waals surface area contributed by atoms with Crippen LogP contribution in [0, 0.1) is 34.4 Å². The highest BCUT2D eigenvalue weighted by atomic mass is 19.3. The third-order valence-electron chi connectivity index (χ3n) is 8.50. The van der Waals surface area contributed by atoms with Gasteiger partial charge in [0.15, 0.2) is 0 Å². The van der Waals surface area contributed by atoms with E-state index < -0.39 is 23.3 Å². The number of carbonyl (C=O) groups is 1. The van der Waals surface area contributed by atoms with Gasteiger partial charge in [-0.25, -0.2) is 13.2 Å². The summed E-state index contributed by atoms with van der Waals surface area (Å²) < 4.78 is 43.9. The van der Waals surface area contributed by atoms with Gasteiger partial charge >= 0.3 is 5.97 Å². The molecule has 216 valence electrons. The van der Waals surface area contributed by atoms with Gasteiger partial charge < -0.3 is 10.0 Å². The number of hydrogen-bond acceptors (Lipinski definition) is 4. The molecule has 2 aromatic rings. The molecule has 3 unspecified atom stereocenters. The number of nitriles is 1. The van der Waals surface area contributed by atoms with Crippen LogP contribution >= 0.6 is 0 Å². The first kappa shape index (κ1) is 30.1. The lowest BCUT2D eigenvalue weighted by Gasteiger charge is -2.36. The van der Waals surface area contributed by atoms with Gasteiger partial charge in [0.1, 0.15) is 11.9 Å². The van der Waals surface area contributed by atoms with Crippen molar-refractivity contribution in [2.24, 2.45) is 17.3 Å². The van der Waals surface area contributed by atoms with E-state index in [1.807, 2.05) is 37.8 Å². The maximum absolute atomic E-state index is 14.9. The predicted molar refractivity (Wildman–Crippen MR) is 149 cm³/mol. The van der Waals surface area contributed by atoms with Crippen molar-refractivity contribution in [3.8, 4) is 6.07 Å². The normalized spacial score (nSPS) is 22.2. The predicted octanol–water partition coefficient (Wildman–Crippen LogP) is 6.19. The van der Waals surface area contributed by atoms with E-state index in [0.717, 1.165) is 12.1 Å². The molecule has 40 heavy (non-hydrogen) atoms. The number of aliphatic carboxylic acids is 1. The third kappa shape index (κ3) is 7.64. The molecule has 0 spiro atoms. The fraction of sp³-hybridized carbons (Fsp3) is 0.562. The SMILES string of the molecule is CC(C)(C)C(C(=O)O)N1CC(CN2CCC(CC(F)(F)Cc3ccc(C#N)cc3)CC2)C(c2cccc(F)c2)C1. The summed E-state index contributed by atoms with van der Waals surface area (Å²) in [6.07, 6.45) is 0.883. The van der Waals surface area contributed by atoms with Gasteiger partial charge in [-0.3, -0.25) is 9.69 Å². The molecule has 0 aliphatic carbocycles. The number of benzene rings is 2. The highest BCUT2D eigenvalue weighted by Crippen LogP contribution is 2.39. The van der Waals surface area contributed by atoms with Crippen molar-refractivity contribution < 1.29 is 23.1 Å². The van der Waals surface area contributed by atoms with Crippen molar-refractivity contribution in [3.05, 3.63) is 71.0 Å². The van der Waals surface area contributed by atoms with E-state index in [2.05, 4.69) is 4.90 Å². The molecule has 0 saturated carbocycles. The second-order valence-electron chi connectivity index (χ2n) is 12.8. The van der Waals surface area contributed by atoms with Gasteiger partial charge in [0.05, 0.1) is 11.6 Å². The van der Waals surface area contributed by atoms with Gasteiger partial charge in [-0.1, -0.05) is 45.0 Å². The van der Waals surface area contributed by atoms with Crippen LogP contribution in [0.5, 0.6) is 0 Å². The Morgan fingerprint density at radius 3 is 2.35 bits per heavy atom. The molecule has 3 atom stereocenters. The third-order valence-corrected chi connectivity index (χ3v) is 8.50. The van der Waals surface area contributed by atoms with Crippen molar-refractivity contribution in [2.45, 2.75) is 64.3 Å². The van der Waals surface area contributed by atoms with Crippen LogP contribution in [0.3, 0.4) is 0 Å². The fourth-order valence-electron chi connectivity index (χ4n) is 6.68. The number of carboxylic acid groups (broad SMARTS) is 1. The molecule has 2 aliphatic heterocycles. The van der Waals surface area contributed by atoms with Crippen LogP contribution in [-0.4, -0.2) is 65.6 Å². The van der Waals surface area contributed by atoms with E-state index in [9.17, 15) is 23.1 Å². The Morgan fingerprint density at radius 2 is 1.77 bits per heavy atom. The van der Waals surface area contributed by atoms with E-state index in [0.29, 0.717) is 50.1 Å². The first-order valence-corrected chi connectivity index (χ1v) is 14.2. The topological polar surface area (TPSA) is 67.6 Å². The average molecular weight is 556 g/mol. The van der Waals surface area contributed by atoms with Gasteiger partial charge in [-0.15, -0.1) is 0 Å². The molecule has 0 aromatic heterocycles. The zero-order valence-corrected chi connectivity index (χ0v) is 23.6. The number of halogens is 3. The van der Waals surface area contributed by atoms with Gasteiger partial charge in [0.25, 0.3) is 5.92 Å². The molecule has 2 aromatic carbocycles. The number of hydrogen-bond donors (Lipinski definition) is 1. The van der Waals surface area contributed by atoms with Crippen LogP contribution < -0.4 is 0 Å². The standard InChI is InChI=1S/C32H40F3N3O2/c1-31(2,3)29(30(39)40)38-20-26(28(21-38)25-5-4-6-27(33)15-25)19-37-13-11-23(12-14-37)17-32(34,35)16-22-7-9-24(18-36)10-8-22/h4-10,15,23,26,28-29H,11-14,16-17,19-21H2,1-3H3,(H,39,40). The largest absolute Gasteiger partial charge is 0.480 e. The molecule has 0 radical (unpaired) electrons. The molecule has 4 rings (SSSR count). The fourth-order valence-corrected chi connectivity index (χ4v) is 6.68. The van der Waals surface area contributed by atoms with Crippen LogP contribution in [0.2, 0.25) is 0 Å². The number of alkyl halides is 2. The minimum absolute atomic E-state index is 0.00521. The summed E-state index contributed by atoms with van der Waals surface area (Å²) in [7, 11) is 0. The lowest BCUT2D eigenvalue weighted by Crippen LogP contribution is -2.48. The molecular weight excluding hydrogens is 515 g/mol. The average Bonchev–Trinajstić information content (AvgIpc) is 3.26. The van der Waals surface area contributed by atoms with E-state index in [4.69, 9.17) is 5.26 Å². The van der Waals surface area contributed by atoms with Gasteiger partial charge in [0, 0.05) is 38.4 Å². The second kappa shape index (κ2) is 12.3. The summed E-state index contributed by atoms with van der Waals surface area (Å²) in [5.41, 5.74) is 1.41. The summed E-state index contributed by atoms with van der Waals surface area (Å²) in [6.45, 7) is 9.08. The summed E-state index contributed by atoms with van der Waals surface area (Å²) in [5.74, 6) is -3.93. The highest BCUT2D eigenvalue weighted by molar-refractivity contribution is 5.74. The van der Waals surface area contributed by atoms with E-state index in [1.165, 1.54) is 6.07 Å². The molecule has 2 fully saturated rings. The zero-order valence-electron chi connectivity index (χ0n) is 23.6. The Balaban J connectivity index is 1.38. The lowest BCUT2D eigenvalue weighted by atomic mass is 9.85.